The number of rotatable bonds is 1. The molecule has 0 amide bonds. The fourth-order valence-corrected chi connectivity index (χ4v) is 1.53. The van der Waals surface area contributed by atoms with E-state index in [0.29, 0.717) is 0 Å². The summed E-state index contributed by atoms with van der Waals surface area (Å²) in [7, 11) is 1.74. The molecule has 0 heterocycles. The molecule has 0 radical (unpaired) electrons. The zero-order valence-electron chi connectivity index (χ0n) is 5.60. The van der Waals surface area contributed by atoms with Gasteiger partial charge in [-0.25, -0.2) is 0 Å². The van der Waals surface area contributed by atoms with Gasteiger partial charge in [-0.3, -0.25) is 0 Å². The van der Waals surface area contributed by atoms with Gasteiger partial charge in [0.1, 0.15) is 3.61 Å². The largest absolute Gasteiger partial charge is 0.364 e. The zero-order chi connectivity index (χ0) is 7.61. The molecule has 56 valence electrons. The van der Waals surface area contributed by atoms with E-state index in [1.54, 1.807) is 7.11 Å². The highest BCUT2D eigenvalue weighted by Crippen LogP contribution is 2.32. The minimum absolute atomic E-state index is 0.0908. The number of hydrogen-bond acceptors (Lipinski definition) is 1. The lowest BCUT2D eigenvalue weighted by Gasteiger charge is -2.22. The van der Waals surface area contributed by atoms with Crippen LogP contribution >= 0.6 is 45.2 Å². The second-order valence-corrected chi connectivity index (χ2v) is 5.19. The van der Waals surface area contributed by atoms with Crippen molar-refractivity contribution in [1.82, 2.24) is 0 Å². The van der Waals surface area contributed by atoms with E-state index in [0.717, 1.165) is 6.42 Å². The van der Waals surface area contributed by atoms with Gasteiger partial charge in [0, 0.05) is 17.1 Å². The zero-order valence-corrected chi connectivity index (χ0v) is 9.92. The molecule has 1 aliphatic carbocycles. The monoisotopic (exact) mass is 362 g/mol. The minimum atomic E-state index is -0.0908. The summed E-state index contributed by atoms with van der Waals surface area (Å²) >= 11 is 4.61. The molecule has 0 fully saturated rings. The van der Waals surface area contributed by atoms with Gasteiger partial charge >= 0.3 is 0 Å². The van der Waals surface area contributed by atoms with Crippen LogP contribution in [0.3, 0.4) is 0 Å². The van der Waals surface area contributed by atoms with Crippen molar-refractivity contribution in [1.29, 1.82) is 0 Å². The molecule has 0 aromatic heterocycles. The van der Waals surface area contributed by atoms with E-state index >= 15 is 0 Å². The van der Waals surface area contributed by atoms with E-state index in [-0.39, 0.29) is 3.61 Å². The predicted octanol–water partition coefficient (Wildman–Crippen LogP) is 3.04. The van der Waals surface area contributed by atoms with Gasteiger partial charge in [0.25, 0.3) is 0 Å². The van der Waals surface area contributed by atoms with Crippen LogP contribution in [0.2, 0.25) is 0 Å². The average molecular weight is 362 g/mol. The molecule has 1 aliphatic rings. The molecule has 1 nitrogen and oxygen atoms in total. The molecule has 0 bridgehead atoms. The average Bonchev–Trinajstić information content (AvgIpc) is 1.96. The highest BCUT2D eigenvalue weighted by molar-refractivity contribution is 14.1. The number of hydrogen-bond donors (Lipinski definition) is 0. The first kappa shape index (κ1) is 8.99. The third-order valence-electron chi connectivity index (χ3n) is 1.41. The first-order chi connectivity index (χ1) is 4.66. The van der Waals surface area contributed by atoms with Crippen molar-refractivity contribution in [2.45, 2.75) is 10.0 Å². The molecule has 0 saturated heterocycles. The molecule has 1 rings (SSSR count). The lowest BCUT2D eigenvalue weighted by atomic mass is 10.1. The molecular formula is C7H8I2O. The number of alkyl halides is 1. The summed E-state index contributed by atoms with van der Waals surface area (Å²) in [4.78, 5) is 0. The maximum atomic E-state index is 5.28. The fourth-order valence-electron chi connectivity index (χ4n) is 0.728. The minimum Gasteiger partial charge on any atom is -0.364 e. The van der Waals surface area contributed by atoms with Crippen LogP contribution in [0.4, 0.5) is 0 Å². The summed E-state index contributed by atoms with van der Waals surface area (Å²) in [5.74, 6) is 0. The van der Waals surface area contributed by atoms with Gasteiger partial charge in [-0.05, 0) is 57.3 Å². The summed E-state index contributed by atoms with van der Waals surface area (Å²) in [5, 5.41) is 0. The molecule has 10 heavy (non-hydrogen) atoms. The van der Waals surface area contributed by atoms with Crippen molar-refractivity contribution >= 4 is 45.2 Å². The van der Waals surface area contributed by atoms with Crippen LogP contribution in [0.15, 0.2) is 21.8 Å². The van der Waals surface area contributed by atoms with Gasteiger partial charge in [0.05, 0.1) is 0 Å². The van der Waals surface area contributed by atoms with E-state index in [1.807, 2.05) is 0 Å². The number of allylic oxidation sites excluding steroid dienone is 2. The predicted molar refractivity (Wildman–Crippen MR) is 59.6 cm³/mol. The molecule has 0 N–H and O–H groups in total. The Morgan fingerprint density at radius 2 is 2.40 bits per heavy atom. The Kier molecular flexibility index (Phi) is 3.18. The highest BCUT2D eigenvalue weighted by Gasteiger charge is 2.22. The molecule has 1 unspecified atom stereocenters. The second-order valence-electron chi connectivity index (χ2n) is 2.12. The van der Waals surface area contributed by atoms with Gasteiger partial charge in [-0.1, -0.05) is 6.08 Å². The number of halogens is 2. The second kappa shape index (κ2) is 3.53. The van der Waals surface area contributed by atoms with Gasteiger partial charge < -0.3 is 4.74 Å². The molecule has 0 saturated carbocycles. The van der Waals surface area contributed by atoms with Crippen molar-refractivity contribution in [2.75, 3.05) is 7.11 Å². The summed E-state index contributed by atoms with van der Waals surface area (Å²) in [5.41, 5.74) is 0. The van der Waals surface area contributed by atoms with E-state index in [1.165, 1.54) is 3.58 Å². The number of ether oxygens (including phenoxy) is 1. The summed E-state index contributed by atoms with van der Waals surface area (Å²) in [6.45, 7) is 0. The van der Waals surface area contributed by atoms with Crippen LogP contribution in [0.1, 0.15) is 6.42 Å². The quantitative estimate of drug-likeness (QED) is 0.515. The Bertz CT molecular complexity index is 186. The lowest BCUT2D eigenvalue weighted by Crippen LogP contribution is -2.20. The van der Waals surface area contributed by atoms with Gasteiger partial charge in [-0.15, -0.1) is 0 Å². The van der Waals surface area contributed by atoms with Gasteiger partial charge in [0.15, 0.2) is 0 Å². The molecular weight excluding hydrogens is 354 g/mol. The highest BCUT2D eigenvalue weighted by atomic mass is 127. The third kappa shape index (κ3) is 2.20. The van der Waals surface area contributed by atoms with E-state index in [4.69, 9.17) is 4.74 Å². The molecule has 0 aromatic rings. The summed E-state index contributed by atoms with van der Waals surface area (Å²) in [6, 6.07) is 0. The van der Waals surface area contributed by atoms with Crippen LogP contribution in [-0.2, 0) is 4.74 Å². The lowest BCUT2D eigenvalue weighted by molar-refractivity contribution is 0.128. The Hall–Kier alpha value is 0.900. The van der Waals surface area contributed by atoms with Crippen molar-refractivity contribution in [3.8, 4) is 0 Å². The smallest absolute Gasteiger partial charge is 0.140 e. The fraction of sp³-hybridized carbons (Fsp3) is 0.429. The summed E-state index contributed by atoms with van der Waals surface area (Å²) in [6.07, 6.45) is 7.32. The molecule has 0 spiro atoms. The van der Waals surface area contributed by atoms with Crippen LogP contribution in [0.5, 0.6) is 0 Å². The van der Waals surface area contributed by atoms with E-state index < -0.39 is 0 Å². The first-order valence-electron chi connectivity index (χ1n) is 2.95. The van der Waals surface area contributed by atoms with Crippen molar-refractivity contribution in [3.05, 3.63) is 21.8 Å². The van der Waals surface area contributed by atoms with E-state index in [2.05, 4.69) is 63.4 Å². The van der Waals surface area contributed by atoms with Crippen molar-refractivity contribution < 1.29 is 4.74 Å². The van der Waals surface area contributed by atoms with Crippen LogP contribution in [0.25, 0.3) is 0 Å². The van der Waals surface area contributed by atoms with Gasteiger partial charge in [-0.2, -0.15) is 0 Å². The van der Waals surface area contributed by atoms with Gasteiger partial charge in [0.2, 0.25) is 0 Å². The Balaban J connectivity index is 2.67. The van der Waals surface area contributed by atoms with Crippen LogP contribution in [0, 0.1) is 0 Å². The first-order valence-corrected chi connectivity index (χ1v) is 5.11. The Labute approximate surface area is 88.2 Å². The van der Waals surface area contributed by atoms with Crippen molar-refractivity contribution in [2.24, 2.45) is 0 Å². The van der Waals surface area contributed by atoms with Crippen molar-refractivity contribution in [3.63, 3.8) is 0 Å². The Morgan fingerprint density at radius 1 is 1.70 bits per heavy atom. The number of methoxy groups -OCH3 is 1. The topological polar surface area (TPSA) is 9.23 Å². The maximum Gasteiger partial charge on any atom is 0.140 e. The van der Waals surface area contributed by atoms with E-state index in [9.17, 15) is 0 Å². The molecule has 1 atom stereocenters. The third-order valence-corrected chi connectivity index (χ3v) is 3.45. The molecule has 0 aliphatic heterocycles. The Morgan fingerprint density at radius 3 is 2.80 bits per heavy atom. The SMILES string of the molecule is COC1(I)C=CC(I)=CC1. The molecule has 3 heteroatoms. The maximum absolute atomic E-state index is 5.28. The molecule has 0 aromatic carbocycles. The van der Waals surface area contributed by atoms with Crippen LogP contribution < -0.4 is 0 Å². The van der Waals surface area contributed by atoms with Crippen LogP contribution in [-0.4, -0.2) is 10.7 Å². The standard InChI is InChI=1S/C7H8I2O/c1-10-7(9)4-2-6(8)3-5-7/h2-4H,5H2,1H3. The summed E-state index contributed by atoms with van der Waals surface area (Å²) < 4.78 is 6.48. The normalized spacial score (nSPS) is 32.1.